The second-order valence-electron chi connectivity index (χ2n) is 4.31. The van der Waals surface area contributed by atoms with Crippen LogP contribution < -0.4 is 0 Å². The van der Waals surface area contributed by atoms with Crippen LogP contribution in [0.25, 0.3) is 0 Å². The molecule has 2 aromatic rings. The Bertz CT molecular complexity index is 894. The highest BCUT2D eigenvalue weighted by atomic mass is 32.2. The lowest BCUT2D eigenvalue weighted by atomic mass is 10.2. The zero-order valence-electron chi connectivity index (χ0n) is 11.3. The lowest BCUT2D eigenvalue weighted by Crippen LogP contribution is -2.03. The van der Waals surface area contributed by atoms with Gasteiger partial charge in [-0.1, -0.05) is 0 Å². The number of aliphatic carboxylic acids is 1. The first kappa shape index (κ1) is 16.8. The van der Waals surface area contributed by atoms with Crippen LogP contribution in [0.5, 0.6) is 0 Å². The predicted octanol–water partition coefficient (Wildman–Crippen LogP) is 2.43. The highest BCUT2D eigenvalue weighted by molar-refractivity contribution is 7.93. The first-order chi connectivity index (χ1) is 10.7. The van der Waals surface area contributed by atoms with Gasteiger partial charge in [-0.2, -0.15) is 0 Å². The van der Waals surface area contributed by atoms with Crippen LogP contribution in [0.2, 0.25) is 0 Å². The number of aliphatic hydroxyl groups is 1. The van der Waals surface area contributed by atoms with Crippen molar-refractivity contribution in [3.63, 3.8) is 0 Å². The molecule has 0 aliphatic heterocycles. The van der Waals surface area contributed by atoms with Gasteiger partial charge in [-0.05, 0) is 30.3 Å². The minimum atomic E-state index is -3.91. The summed E-state index contributed by atoms with van der Waals surface area (Å²) in [6, 6.07) is 5.27. The van der Waals surface area contributed by atoms with E-state index in [9.17, 15) is 22.4 Å². The van der Waals surface area contributed by atoms with Gasteiger partial charge in [-0.15, -0.1) is 11.3 Å². The van der Waals surface area contributed by atoms with E-state index in [1.54, 1.807) is 0 Å². The molecule has 0 amide bonds. The van der Waals surface area contributed by atoms with Gasteiger partial charge in [-0.25, -0.2) is 17.6 Å². The monoisotopic (exact) mass is 356 g/mol. The molecule has 0 atom stereocenters. The number of rotatable bonds is 5. The lowest BCUT2D eigenvalue weighted by molar-refractivity contribution is -0.135. The number of carbonyl (C=O) groups is 2. The van der Waals surface area contributed by atoms with Crippen LogP contribution in [0, 0.1) is 5.82 Å². The normalized spacial score (nSPS) is 12.1. The number of allylic oxidation sites excluding steroid dienone is 1. The summed E-state index contributed by atoms with van der Waals surface area (Å²) in [6.45, 7) is 0. The molecule has 1 aromatic carbocycles. The van der Waals surface area contributed by atoms with E-state index in [0.29, 0.717) is 6.08 Å². The third-order valence-electron chi connectivity index (χ3n) is 2.74. The van der Waals surface area contributed by atoms with E-state index in [1.165, 1.54) is 5.38 Å². The summed E-state index contributed by atoms with van der Waals surface area (Å²) in [6.07, 6.45) is 0.485. The van der Waals surface area contributed by atoms with Gasteiger partial charge in [0.1, 0.15) is 10.0 Å². The number of carbonyl (C=O) groups excluding carboxylic acids is 1. The molecule has 0 saturated heterocycles. The van der Waals surface area contributed by atoms with Crippen LogP contribution in [0.15, 0.2) is 56.7 Å². The number of sulfone groups is 1. The third-order valence-corrected chi connectivity index (χ3v) is 5.94. The van der Waals surface area contributed by atoms with E-state index in [2.05, 4.69) is 0 Å². The first-order valence-corrected chi connectivity index (χ1v) is 8.35. The maximum atomic E-state index is 12.9. The maximum Gasteiger partial charge on any atom is 0.371 e. The number of carboxylic acids is 1. The summed E-state index contributed by atoms with van der Waals surface area (Å²) in [5.74, 6) is -4.25. The van der Waals surface area contributed by atoms with E-state index < -0.39 is 33.2 Å². The number of aliphatic hydroxyl groups excluding tert-OH is 1. The van der Waals surface area contributed by atoms with E-state index in [0.717, 1.165) is 41.7 Å². The number of thiophene rings is 1. The van der Waals surface area contributed by atoms with Gasteiger partial charge < -0.3 is 10.2 Å². The van der Waals surface area contributed by atoms with Crippen LogP contribution in [0.1, 0.15) is 10.4 Å². The van der Waals surface area contributed by atoms with Gasteiger partial charge in [0, 0.05) is 17.0 Å². The molecule has 0 aliphatic rings. The zero-order valence-corrected chi connectivity index (χ0v) is 12.9. The number of hydrogen-bond donors (Lipinski definition) is 2. The van der Waals surface area contributed by atoms with Crippen molar-refractivity contribution in [2.45, 2.75) is 9.10 Å². The van der Waals surface area contributed by atoms with Crippen molar-refractivity contribution in [1.29, 1.82) is 0 Å². The van der Waals surface area contributed by atoms with E-state index in [1.807, 2.05) is 0 Å². The number of halogens is 1. The molecule has 1 aromatic heterocycles. The molecule has 0 fully saturated rings. The summed E-state index contributed by atoms with van der Waals surface area (Å²) in [5.41, 5.74) is -0.0801. The third kappa shape index (κ3) is 3.63. The summed E-state index contributed by atoms with van der Waals surface area (Å²) in [5, 5.41) is 18.7. The number of benzene rings is 1. The van der Waals surface area contributed by atoms with Crippen molar-refractivity contribution in [3.05, 3.63) is 58.9 Å². The van der Waals surface area contributed by atoms with Crippen LogP contribution >= 0.6 is 11.3 Å². The smallest absolute Gasteiger partial charge is 0.371 e. The Labute approximate surface area is 134 Å². The highest BCUT2D eigenvalue weighted by Crippen LogP contribution is 2.27. The summed E-state index contributed by atoms with van der Waals surface area (Å²) in [4.78, 5) is 22.1. The van der Waals surface area contributed by atoms with Gasteiger partial charge in [0.25, 0.3) is 0 Å². The second-order valence-corrected chi connectivity index (χ2v) is 7.40. The van der Waals surface area contributed by atoms with Crippen molar-refractivity contribution in [2.75, 3.05) is 0 Å². The van der Waals surface area contributed by atoms with Crippen molar-refractivity contribution >= 4 is 32.9 Å². The minimum Gasteiger partial charge on any atom is -0.502 e. The maximum absolute atomic E-state index is 12.9. The van der Waals surface area contributed by atoms with Crippen molar-refractivity contribution < 1.29 is 32.6 Å². The van der Waals surface area contributed by atoms with E-state index >= 15 is 0 Å². The molecular weight excluding hydrogens is 347 g/mol. The van der Waals surface area contributed by atoms with Crippen molar-refractivity contribution in [2.24, 2.45) is 0 Å². The SMILES string of the molecule is O=C(O)/C(O)=C/C(=O)c1csc(S(=O)(=O)c2ccc(F)cc2)c1. The Kier molecular flexibility index (Phi) is 4.62. The van der Waals surface area contributed by atoms with Gasteiger partial charge in [0.2, 0.25) is 15.6 Å². The van der Waals surface area contributed by atoms with Crippen molar-refractivity contribution in [3.8, 4) is 0 Å². The molecule has 1 heterocycles. The average Bonchev–Trinajstić information content (AvgIpc) is 2.98. The first-order valence-electron chi connectivity index (χ1n) is 5.99. The Morgan fingerprint density at radius 2 is 1.74 bits per heavy atom. The van der Waals surface area contributed by atoms with E-state index in [-0.39, 0.29) is 14.7 Å². The molecule has 0 radical (unpaired) electrons. The van der Waals surface area contributed by atoms with Gasteiger partial charge in [0.05, 0.1) is 4.90 Å². The predicted molar refractivity (Wildman–Crippen MR) is 78.8 cm³/mol. The molecule has 0 bridgehead atoms. The Morgan fingerprint density at radius 3 is 2.30 bits per heavy atom. The Morgan fingerprint density at radius 1 is 1.13 bits per heavy atom. The van der Waals surface area contributed by atoms with Crippen LogP contribution in [0.3, 0.4) is 0 Å². The quantitative estimate of drug-likeness (QED) is 0.369. The minimum absolute atomic E-state index is 0.0801. The molecule has 0 aliphatic carbocycles. The molecule has 0 spiro atoms. The molecule has 9 heteroatoms. The van der Waals surface area contributed by atoms with Gasteiger partial charge in [-0.3, -0.25) is 4.79 Å². The molecule has 6 nitrogen and oxygen atoms in total. The molecule has 120 valence electrons. The average molecular weight is 356 g/mol. The van der Waals surface area contributed by atoms with Crippen LogP contribution in [-0.2, 0) is 14.6 Å². The zero-order chi connectivity index (χ0) is 17.2. The van der Waals surface area contributed by atoms with Crippen LogP contribution in [0.4, 0.5) is 4.39 Å². The molecule has 2 N–H and O–H groups in total. The van der Waals surface area contributed by atoms with Crippen molar-refractivity contribution in [1.82, 2.24) is 0 Å². The standard InChI is InChI=1S/C14H9FO6S2/c15-9-1-3-10(4-2-9)23(20,21)13-5-8(7-22-13)11(16)6-12(17)14(18)19/h1-7,17H,(H,18,19)/b12-6-. The Hall–Kier alpha value is -2.52. The molecule has 0 saturated carbocycles. The molecule has 23 heavy (non-hydrogen) atoms. The van der Waals surface area contributed by atoms with Gasteiger partial charge >= 0.3 is 5.97 Å². The molecule has 0 unspecified atom stereocenters. The number of ketones is 1. The van der Waals surface area contributed by atoms with Crippen LogP contribution in [-0.4, -0.2) is 30.4 Å². The highest BCUT2D eigenvalue weighted by Gasteiger charge is 2.21. The van der Waals surface area contributed by atoms with Gasteiger partial charge in [0.15, 0.2) is 5.78 Å². The largest absolute Gasteiger partial charge is 0.502 e. The second kappa shape index (κ2) is 6.31. The summed E-state index contributed by atoms with van der Waals surface area (Å²) >= 11 is 0.758. The Balaban J connectivity index is 2.35. The number of carboxylic acid groups (broad SMARTS) is 1. The fourth-order valence-electron chi connectivity index (χ4n) is 1.59. The molecule has 2 rings (SSSR count). The lowest BCUT2D eigenvalue weighted by Gasteiger charge is -2.00. The fraction of sp³-hybridized carbons (Fsp3) is 0. The summed E-state index contributed by atoms with van der Waals surface area (Å²) < 4.78 is 37.4. The number of hydrogen-bond acceptors (Lipinski definition) is 6. The topological polar surface area (TPSA) is 109 Å². The molecular formula is C14H9FO6S2. The van der Waals surface area contributed by atoms with E-state index in [4.69, 9.17) is 10.2 Å². The fourth-order valence-corrected chi connectivity index (χ4v) is 4.16. The summed E-state index contributed by atoms with van der Waals surface area (Å²) in [7, 11) is -3.91.